The fourth-order valence-corrected chi connectivity index (χ4v) is 1.73. The van der Waals surface area contributed by atoms with Crippen LogP contribution in [0.5, 0.6) is 0 Å². The van der Waals surface area contributed by atoms with Gasteiger partial charge >= 0.3 is 6.03 Å². The van der Waals surface area contributed by atoms with Crippen molar-refractivity contribution in [2.75, 3.05) is 12.3 Å². The Kier molecular flexibility index (Phi) is 2.08. The highest BCUT2D eigenvalue weighted by Crippen LogP contribution is 2.14. The molecule has 1 aliphatic rings. The van der Waals surface area contributed by atoms with Crippen molar-refractivity contribution in [3.8, 4) is 0 Å². The van der Waals surface area contributed by atoms with Crippen molar-refractivity contribution in [2.45, 2.75) is 6.54 Å². The number of hydrogen-bond acceptors (Lipinski definition) is 5. The summed E-state index contributed by atoms with van der Waals surface area (Å²) in [5, 5.41) is 4.60. The summed E-state index contributed by atoms with van der Waals surface area (Å²) in [7, 11) is 0. The van der Waals surface area contributed by atoms with Gasteiger partial charge < -0.3 is 11.1 Å². The van der Waals surface area contributed by atoms with Gasteiger partial charge in [0.15, 0.2) is 5.13 Å². The van der Waals surface area contributed by atoms with Gasteiger partial charge in [0.2, 0.25) is 5.91 Å². The number of anilines is 1. The van der Waals surface area contributed by atoms with Crippen LogP contribution >= 0.6 is 11.3 Å². The molecule has 3 N–H and O–H groups in total. The van der Waals surface area contributed by atoms with Gasteiger partial charge in [-0.1, -0.05) is 0 Å². The molecule has 1 aliphatic heterocycles. The van der Waals surface area contributed by atoms with Gasteiger partial charge in [0.1, 0.15) is 0 Å². The van der Waals surface area contributed by atoms with Crippen LogP contribution in [0.3, 0.4) is 0 Å². The Bertz CT molecular complexity index is 373. The van der Waals surface area contributed by atoms with E-state index in [0.717, 1.165) is 4.90 Å². The summed E-state index contributed by atoms with van der Waals surface area (Å²) < 4.78 is 0. The second-order valence-electron chi connectivity index (χ2n) is 2.82. The summed E-state index contributed by atoms with van der Waals surface area (Å²) in [6.45, 7) is 0.261. The fraction of sp³-hybridized carbons (Fsp3) is 0.286. The molecule has 0 aliphatic carbocycles. The van der Waals surface area contributed by atoms with Crippen LogP contribution in [-0.4, -0.2) is 28.4 Å². The van der Waals surface area contributed by atoms with Crippen molar-refractivity contribution in [3.05, 3.63) is 11.1 Å². The summed E-state index contributed by atoms with van der Waals surface area (Å²) in [6.07, 6.45) is 0. The molecule has 0 bridgehead atoms. The van der Waals surface area contributed by atoms with E-state index in [-0.39, 0.29) is 25.0 Å². The lowest BCUT2D eigenvalue weighted by molar-refractivity contribution is -0.125. The van der Waals surface area contributed by atoms with E-state index in [0.29, 0.717) is 10.8 Å². The Labute approximate surface area is 83.7 Å². The molecule has 0 saturated carbocycles. The number of nitrogens with zero attached hydrogens (tertiary/aromatic N) is 2. The van der Waals surface area contributed by atoms with E-state index in [1.54, 1.807) is 5.38 Å². The number of carbonyl (C=O) groups excluding carboxylic acids is 2. The first kappa shape index (κ1) is 8.95. The number of aromatic nitrogens is 1. The highest BCUT2D eigenvalue weighted by Gasteiger charge is 2.28. The van der Waals surface area contributed by atoms with Crippen LogP contribution in [0.2, 0.25) is 0 Å². The van der Waals surface area contributed by atoms with Gasteiger partial charge in [-0.05, 0) is 0 Å². The first-order valence-corrected chi connectivity index (χ1v) is 4.83. The summed E-state index contributed by atoms with van der Waals surface area (Å²) >= 11 is 1.29. The van der Waals surface area contributed by atoms with Crippen LogP contribution in [0.4, 0.5) is 9.93 Å². The van der Waals surface area contributed by atoms with Gasteiger partial charge in [-0.2, -0.15) is 0 Å². The molecule has 1 saturated heterocycles. The number of carbonyl (C=O) groups is 2. The number of hydrogen-bond donors (Lipinski definition) is 2. The van der Waals surface area contributed by atoms with E-state index < -0.39 is 0 Å². The Morgan fingerprint density at radius 3 is 2.93 bits per heavy atom. The molecular weight excluding hydrogens is 204 g/mol. The van der Waals surface area contributed by atoms with E-state index >= 15 is 0 Å². The maximum atomic E-state index is 11.2. The smallest absolute Gasteiger partial charge is 0.324 e. The van der Waals surface area contributed by atoms with E-state index in [4.69, 9.17) is 5.73 Å². The van der Waals surface area contributed by atoms with E-state index in [1.165, 1.54) is 11.3 Å². The second-order valence-corrected chi connectivity index (χ2v) is 3.71. The minimum atomic E-state index is -0.374. The lowest BCUT2D eigenvalue weighted by atomic mass is 10.4. The zero-order valence-corrected chi connectivity index (χ0v) is 8.00. The van der Waals surface area contributed by atoms with Crippen LogP contribution in [-0.2, 0) is 11.3 Å². The molecule has 1 fully saturated rings. The van der Waals surface area contributed by atoms with E-state index in [9.17, 15) is 9.59 Å². The van der Waals surface area contributed by atoms with Crippen molar-refractivity contribution in [3.63, 3.8) is 0 Å². The molecule has 3 amide bonds. The Morgan fingerprint density at radius 2 is 2.43 bits per heavy atom. The molecule has 0 atom stereocenters. The minimum Gasteiger partial charge on any atom is -0.375 e. The van der Waals surface area contributed by atoms with Crippen LogP contribution in [0.15, 0.2) is 5.38 Å². The molecule has 0 radical (unpaired) electrons. The zero-order chi connectivity index (χ0) is 10.1. The summed E-state index contributed by atoms with van der Waals surface area (Å²) in [6, 6.07) is -0.374. The van der Waals surface area contributed by atoms with Gasteiger partial charge in [0.05, 0.1) is 18.8 Å². The van der Waals surface area contributed by atoms with Crippen LogP contribution in [0.25, 0.3) is 0 Å². The van der Waals surface area contributed by atoms with Gasteiger partial charge in [-0.3, -0.25) is 9.69 Å². The van der Waals surface area contributed by atoms with Crippen molar-refractivity contribution >= 4 is 28.4 Å². The number of amides is 3. The summed E-state index contributed by atoms with van der Waals surface area (Å²) in [5.74, 6) is -0.235. The molecule has 1 aromatic heterocycles. The number of nitrogen functional groups attached to an aromatic ring is 1. The SMILES string of the molecule is Nc1nc(CN2C(=O)CNC2=O)cs1. The molecule has 0 aromatic carbocycles. The third-order valence-corrected chi connectivity index (χ3v) is 2.55. The molecule has 6 nitrogen and oxygen atoms in total. The topological polar surface area (TPSA) is 88.3 Å². The van der Waals surface area contributed by atoms with Crippen molar-refractivity contribution in [1.29, 1.82) is 0 Å². The first-order valence-electron chi connectivity index (χ1n) is 3.95. The molecule has 0 unspecified atom stereocenters. The number of nitrogens with one attached hydrogen (secondary N) is 1. The largest absolute Gasteiger partial charge is 0.375 e. The van der Waals surface area contributed by atoms with Gasteiger partial charge in [0.25, 0.3) is 0 Å². The van der Waals surface area contributed by atoms with Crippen LogP contribution < -0.4 is 11.1 Å². The summed E-state index contributed by atoms with van der Waals surface area (Å²) in [5.41, 5.74) is 6.06. The fourth-order valence-electron chi connectivity index (χ4n) is 1.17. The number of thiazole rings is 1. The molecule has 2 heterocycles. The number of nitrogens with two attached hydrogens (primary N) is 1. The van der Waals surface area contributed by atoms with Crippen molar-refractivity contribution in [1.82, 2.24) is 15.2 Å². The van der Waals surface area contributed by atoms with E-state index in [2.05, 4.69) is 10.3 Å². The maximum Gasteiger partial charge on any atom is 0.324 e. The zero-order valence-electron chi connectivity index (χ0n) is 7.19. The number of imide groups is 1. The highest BCUT2D eigenvalue weighted by molar-refractivity contribution is 7.13. The molecular formula is C7H8N4O2S. The predicted molar refractivity (Wildman–Crippen MR) is 50.5 cm³/mol. The summed E-state index contributed by atoms with van der Waals surface area (Å²) in [4.78, 5) is 27.4. The molecule has 0 spiro atoms. The van der Waals surface area contributed by atoms with Gasteiger partial charge in [0, 0.05) is 5.38 Å². The minimum absolute atomic E-state index is 0.0679. The molecule has 7 heteroatoms. The number of rotatable bonds is 2. The van der Waals surface area contributed by atoms with Crippen molar-refractivity contribution < 1.29 is 9.59 Å². The first-order chi connectivity index (χ1) is 6.66. The lowest BCUT2D eigenvalue weighted by Crippen LogP contribution is -2.30. The Morgan fingerprint density at radius 1 is 1.64 bits per heavy atom. The van der Waals surface area contributed by atoms with Gasteiger partial charge in [-0.25, -0.2) is 9.78 Å². The highest BCUT2D eigenvalue weighted by atomic mass is 32.1. The van der Waals surface area contributed by atoms with E-state index in [1.807, 2.05) is 0 Å². The normalized spacial score (nSPS) is 16.1. The molecule has 74 valence electrons. The van der Waals surface area contributed by atoms with Crippen LogP contribution in [0, 0.1) is 0 Å². The predicted octanol–water partition coefficient (Wildman–Crippen LogP) is -0.223. The average molecular weight is 212 g/mol. The Hall–Kier alpha value is -1.63. The molecule has 14 heavy (non-hydrogen) atoms. The lowest BCUT2D eigenvalue weighted by Gasteiger charge is -2.09. The Balaban J connectivity index is 2.10. The van der Waals surface area contributed by atoms with Crippen LogP contribution in [0.1, 0.15) is 5.69 Å². The average Bonchev–Trinajstić information content (AvgIpc) is 2.67. The molecule has 2 rings (SSSR count). The monoisotopic (exact) mass is 212 g/mol. The quantitative estimate of drug-likeness (QED) is 0.663. The van der Waals surface area contributed by atoms with Gasteiger partial charge in [-0.15, -0.1) is 11.3 Å². The standard InChI is InChI=1S/C7H8N4O2S/c8-6-10-4(3-14-6)2-11-5(12)1-9-7(11)13/h3H,1-2H2,(H2,8,10)(H,9,13). The maximum absolute atomic E-state index is 11.2. The van der Waals surface area contributed by atoms with Crippen molar-refractivity contribution in [2.24, 2.45) is 0 Å². The molecule has 1 aromatic rings. The number of urea groups is 1. The second kappa shape index (κ2) is 3.26. The third kappa shape index (κ3) is 1.53. The third-order valence-electron chi connectivity index (χ3n) is 1.83.